The van der Waals surface area contributed by atoms with Gasteiger partial charge in [-0.3, -0.25) is 0 Å². The van der Waals surface area contributed by atoms with Crippen molar-refractivity contribution in [3.05, 3.63) is 17.3 Å². The molecule has 1 fully saturated rings. The summed E-state index contributed by atoms with van der Waals surface area (Å²) in [5.74, 6) is 0.796. The maximum Gasteiger partial charge on any atom is 0.269 e. The van der Waals surface area contributed by atoms with E-state index in [1.54, 1.807) is 11.4 Å². The number of hydrogen-bond donors (Lipinski definition) is 1. The molecular formula is C14H20N4O4S2. The van der Waals surface area contributed by atoms with E-state index < -0.39 is 10.0 Å². The number of nitrogens with zero attached hydrogens (tertiary/aromatic N) is 3. The van der Waals surface area contributed by atoms with E-state index in [4.69, 9.17) is 9.26 Å². The lowest BCUT2D eigenvalue weighted by Gasteiger charge is -2.25. The van der Waals surface area contributed by atoms with Crippen LogP contribution in [0.25, 0.3) is 10.8 Å². The number of morpholine rings is 1. The molecule has 1 N–H and O–H groups in total. The fourth-order valence-electron chi connectivity index (χ4n) is 2.39. The van der Waals surface area contributed by atoms with Crippen molar-refractivity contribution in [2.75, 3.05) is 33.4 Å². The van der Waals surface area contributed by atoms with Gasteiger partial charge in [0.05, 0.1) is 13.2 Å². The van der Waals surface area contributed by atoms with Gasteiger partial charge in [-0.2, -0.15) is 9.29 Å². The van der Waals surface area contributed by atoms with Crippen LogP contribution in [-0.2, 0) is 21.2 Å². The second-order valence-electron chi connectivity index (χ2n) is 5.54. The molecule has 24 heavy (non-hydrogen) atoms. The number of ether oxygens (including phenoxy) is 1. The molecule has 0 aromatic carbocycles. The lowest BCUT2D eigenvalue weighted by Crippen LogP contribution is -2.40. The summed E-state index contributed by atoms with van der Waals surface area (Å²) in [7, 11) is -1.73. The van der Waals surface area contributed by atoms with Crippen LogP contribution in [0, 0.1) is 0 Å². The Morgan fingerprint density at radius 2 is 2.17 bits per heavy atom. The first kappa shape index (κ1) is 17.5. The Labute approximate surface area is 144 Å². The van der Waals surface area contributed by atoms with Crippen molar-refractivity contribution in [2.45, 2.75) is 24.3 Å². The van der Waals surface area contributed by atoms with Crippen LogP contribution in [0.2, 0.25) is 0 Å². The molecule has 8 nitrogen and oxygen atoms in total. The summed E-state index contributed by atoms with van der Waals surface area (Å²) < 4.78 is 37.7. The molecule has 10 heteroatoms. The minimum Gasteiger partial charge on any atom is -0.379 e. The van der Waals surface area contributed by atoms with E-state index >= 15 is 0 Å². The highest BCUT2D eigenvalue weighted by Crippen LogP contribution is 2.33. The van der Waals surface area contributed by atoms with Crippen LogP contribution in [0.3, 0.4) is 0 Å². The maximum absolute atomic E-state index is 12.9. The summed E-state index contributed by atoms with van der Waals surface area (Å²) in [6.45, 7) is 3.53. The van der Waals surface area contributed by atoms with Crippen molar-refractivity contribution in [2.24, 2.45) is 0 Å². The first-order chi connectivity index (χ1) is 11.5. The third-order valence-corrected chi connectivity index (χ3v) is 6.83. The van der Waals surface area contributed by atoms with E-state index in [1.807, 2.05) is 14.0 Å². The van der Waals surface area contributed by atoms with E-state index in [9.17, 15) is 8.42 Å². The Kier molecular flexibility index (Phi) is 5.30. The lowest BCUT2D eigenvalue weighted by atomic mass is 10.2. The summed E-state index contributed by atoms with van der Waals surface area (Å²) in [5, 5.41) is 8.78. The van der Waals surface area contributed by atoms with Crippen LogP contribution in [0.15, 0.2) is 20.9 Å². The van der Waals surface area contributed by atoms with E-state index in [-0.39, 0.29) is 16.8 Å². The van der Waals surface area contributed by atoms with Gasteiger partial charge in [-0.1, -0.05) is 5.16 Å². The van der Waals surface area contributed by atoms with Gasteiger partial charge in [0.1, 0.15) is 9.77 Å². The van der Waals surface area contributed by atoms with Gasteiger partial charge in [0.15, 0.2) is 5.82 Å². The van der Waals surface area contributed by atoms with Crippen LogP contribution in [0.1, 0.15) is 12.7 Å². The molecule has 132 valence electrons. The third-order valence-electron chi connectivity index (χ3n) is 3.86. The molecule has 1 unspecified atom stereocenters. The lowest BCUT2D eigenvalue weighted by molar-refractivity contribution is 0.0730. The SMILES string of the molecule is CNC(C)Cc1noc(-c2sccc2S(=O)(=O)N2CCOCC2)n1. The maximum atomic E-state index is 12.9. The molecule has 0 saturated carbocycles. The van der Waals surface area contributed by atoms with Gasteiger partial charge in [-0.15, -0.1) is 11.3 Å². The van der Waals surface area contributed by atoms with Gasteiger partial charge in [-0.25, -0.2) is 8.42 Å². The van der Waals surface area contributed by atoms with Gasteiger partial charge in [-0.05, 0) is 25.4 Å². The van der Waals surface area contributed by atoms with Crippen LogP contribution >= 0.6 is 11.3 Å². The highest BCUT2D eigenvalue weighted by atomic mass is 32.2. The first-order valence-electron chi connectivity index (χ1n) is 7.68. The summed E-state index contributed by atoms with van der Waals surface area (Å²) in [6.07, 6.45) is 0.608. The molecule has 1 aliphatic heterocycles. The molecule has 0 amide bonds. The van der Waals surface area contributed by atoms with Crippen LogP contribution in [-0.4, -0.2) is 62.3 Å². The number of nitrogens with one attached hydrogen (secondary N) is 1. The molecule has 2 aromatic rings. The van der Waals surface area contributed by atoms with Gasteiger partial charge in [0.2, 0.25) is 10.0 Å². The quantitative estimate of drug-likeness (QED) is 0.807. The van der Waals surface area contributed by atoms with E-state index in [2.05, 4.69) is 15.5 Å². The topological polar surface area (TPSA) is 97.6 Å². The monoisotopic (exact) mass is 372 g/mol. The zero-order chi connectivity index (χ0) is 17.2. The summed E-state index contributed by atoms with van der Waals surface area (Å²) in [6, 6.07) is 1.79. The third kappa shape index (κ3) is 3.52. The number of thiophene rings is 1. The molecule has 3 heterocycles. The van der Waals surface area contributed by atoms with Gasteiger partial charge < -0.3 is 14.6 Å². The van der Waals surface area contributed by atoms with Crippen molar-refractivity contribution in [3.8, 4) is 10.8 Å². The fraction of sp³-hybridized carbons (Fsp3) is 0.571. The van der Waals surface area contributed by atoms with E-state index in [1.165, 1.54) is 15.6 Å². The van der Waals surface area contributed by atoms with Crippen LogP contribution < -0.4 is 5.32 Å². The zero-order valence-corrected chi connectivity index (χ0v) is 15.2. The van der Waals surface area contributed by atoms with E-state index in [0.717, 1.165) is 0 Å². The number of hydrogen-bond acceptors (Lipinski definition) is 8. The fourth-order valence-corrected chi connectivity index (χ4v) is 5.11. The van der Waals surface area contributed by atoms with Gasteiger partial charge in [0.25, 0.3) is 5.89 Å². The second-order valence-corrected chi connectivity index (χ2v) is 8.36. The average Bonchev–Trinajstić information content (AvgIpc) is 3.24. The molecule has 0 aliphatic carbocycles. The number of rotatable bonds is 6. The van der Waals surface area contributed by atoms with Gasteiger partial charge in [0, 0.05) is 25.6 Å². The first-order valence-corrected chi connectivity index (χ1v) is 10.00. The smallest absolute Gasteiger partial charge is 0.269 e. The summed E-state index contributed by atoms with van der Waals surface area (Å²) in [5.41, 5.74) is 0. The Bertz CT molecular complexity index is 780. The van der Waals surface area contributed by atoms with Crippen molar-refractivity contribution in [1.29, 1.82) is 0 Å². The Balaban J connectivity index is 1.87. The summed E-state index contributed by atoms with van der Waals surface area (Å²) >= 11 is 1.28. The second kappa shape index (κ2) is 7.28. The predicted octanol–water partition coefficient (Wildman–Crippen LogP) is 0.969. The molecule has 0 bridgehead atoms. The molecular weight excluding hydrogens is 352 g/mol. The molecule has 0 radical (unpaired) electrons. The van der Waals surface area contributed by atoms with Gasteiger partial charge >= 0.3 is 0 Å². The minimum absolute atomic E-state index is 0.204. The average molecular weight is 372 g/mol. The molecule has 1 atom stereocenters. The molecule has 0 spiro atoms. The molecule has 3 rings (SSSR count). The molecule has 2 aromatic heterocycles. The van der Waals surface area contributed by atoms with Crippen LogP contribution in [0.5, 0.6) is 0 Å². The van der Waals surface area contributed by atoms with Crippen molar-refractivity contribution >= 4 is 21.4 Å². The standard InChI is InChI=1S/C14H20N4O4S2/c1-10(15-2)9-12-16-14(22-17-12)13-11(3-8-23-13)24(19,20)18-4-6-21-7-5-18/h3,8,10,15H,4-7,9H2,1-2H3. The Hall–Kier alpha value is -1.33. The molecule has 1 aliphatic rings. The van der Waals surface area contributed by atoms with Crippen molar-refractivity contribution in [3.63, 3.8) is 0 Å². The normalized spacial score (nSPS) is 17.9. The highest BCUT2D eigenvalue weighted by molar-refractivity contribution is 7.89. The largest absolute Gasteiger partial charge is 0.379 e. The van der Waals surface area contributed by atoms with Crippen LogP contribution in [0.4, 0.5) is 0 Å². The Morgan fingerprint density at radius 1 is 1.42 bits per heavy atom. The highest BCUT2D eigenvalue weighted by Gasteiger charge is 2.31. The zero-order valence-electron chi connectivity index (χ0n) is 13.6. The predicted molar refractivity (Wildman–Crippen MR) is 89.4 cm³/mol. The van der Waals surface area contributed by atoms with Crippen molar-refractivity contribution < 1.29 is 17.7 Å². The van der Waals surface area contributed by atoms with E-state index in [0.29, 0.717) is 43.4 Å². The van der Waals surface area contributed by atoms with Crippen molar-refractivity contribution in [1.82, 2.24) is 19.8 Å². The minimum atomic E-state index is -3.59. The molecule has 1 saturated heterocycles. The Morgan fingerprint density at radius 3 is 2.88 bits per heavy atom. The number of aromatic nitrogens is 2. The summed E-state index contributed by atoms with van der Waals surface area (Å²) in [4.78, 5) is 5.04. The number of sulfonamides is 1. The number of likely N-dealkylation sites (N-methyl/N-ethyl adjacent to an activating group) is 1.